The Bertz CT molecular complexity index is 763. The van der Waals surface area contributed by atoms with Crippen molar-refractivity contribution in [3.8, 4) is 0 Å². The van der Waals surface area contributed by atoms with E-state index < -0.39 is 11.9 Å². The molecular weight excluding hydrogens is 316 g/mol. The molecule has 2 aromatic rings. The van der Waals surface area contributed by atoms with Crippen LogP contribution in [0.2, 0.25) is 0 Å². The minimum absolute atomic E-state index is 0.0944. The van der Waals surface area contributed by atoms with Gasteiger partial charge in [0.1, 0.15) is 5.57 Å². The van der Waals surface area contributed by atoms with Gasteiger partial charge < -0.3 is 15.4 Å². The summed E-state index contributed by atoms with van der Waals surface area (Å²) >= 11 is 0. The van der Waals surface area contributed by atoms with Gasteiger partial charge in [-0.25, -0.2) is 4.79 Å². The van der Waals surface area contributed by atoms with Gasteiger partial charge in [-0.15, -0.1) is 0 Å². The molecule has 130 valence electrons. The van der Waals surface area contributed by atoms with Crippen LogP contribution < -0.4 is 10.6 Å². The molecule has 2 N–H and O–H groups in total. The lowest BCUT2D eigenvalue weighted by Crippen LogP contribution is -2.23. The minimum Gasteiger partial charge on any atom is -0.462 e. The SMILES string of the molecule is CCOC(=O)/C(=C\Nc1ccc(C)cc1)C(=O)Nc1ccc(C)cc1. The standard InChI is InChI=1S/C20H22N2O3/c1-4-25-20(24)18(13-21-16-9-5-14(2)6-10-16)19(23)22-17-11-7-15(3)8-12-17/h5-13,21H,4H2,1-3H3,(H,22,23)/b18-13-. The maximum Gasteiger partial charge on any atom is 0.345 e. The molecule has 0 fully saturated rings. The van der Waals surface area contributed by atoms with Crippen LogP contribution in [0.5, 0.6) is 0 Å². The molecular formula is C20H22N2O3. The molecule has 2 aromatic carbocycles. The predicted molar refractivity (Wildman–Crippen MR) is 99.3 cm³/mol. The summed E-state index contributed by atoms with van der Waals surface area (Å²) in [7, 11) is 0. The van der Waals surface area contributed by atoms with Crippen molar-refractivity contribution in [2.75, 3.05) is 17.2 Å². The van der Waals surface area contributed by atoms with E-state index in [1.165, 1.54) is 6.20 Å². The zero-order valence-corrected chi connectivity index (χ0v) is 14.6. The molecule has 5 nitrogen and oxygen atoms in total. The van der Waals surface area contributed by atoms with Crippen molar-refractivity contribution in [3.05, 3.63) is 71.4 Å². The van der Waals surface area contributed by atoms with Crippen LogP contribution in [-0.2, 0) is 14.3 Å². The Balaban J connectivity index is 2.17. The van der Waals surface area contributed by atoms with Crippen molar-refractivity contribution in [2.24, 2.45) is 0 Å². The Morgan fingerprint density at radius 1 is 0.920 bits per heavy atom. The fraction of sp³-hybridized carbons (Fsp3) is 0.200. The van der Waals surface area contributed by atoms with Crippen molar-refractivity contribution >= 4 is 23.3 Å². The number of carbonyl (C=O) groups excluding carboxylic acids is 2. The molecule has 0 aliphatic heterocycles. The summed E-state index contributed by atoms with van der Waals surface area (Å²) in [5.74, 6) is -1.20. The van der Waals surface area contributed by atoms with E-state index >= 15 is 0 Å². The molecule has 0 saturated heterocycles. The summed E-state index contributed by atoms with van der Waals surface area (Å²) < 4.78 is 4.98. The van der Waals surface area contributed by atoms with Crippen LogP contribution in [0.4, 0.5) is 11.4 Å². The number of carbonyl (C=O) groups is 2. The summed E-state index contributed by atoms with van der Waals surface area (Å²) in [5.41, 5.74) is 3.50. The van der Waals surface area contributed by atoms with E-state index in [1.807, 2.05) is 50.2 Å². The molecule has 0 radical (unpaired) electrons. The normalized spacial score (nSPS) is 10.9. The Labute approximate surface area is 147 Å². The zero-order chi connectivity index (χ0) is 18.2. The Hall–Kier alpha value is -3.08. The number of nitrogens with one attached hydrogen (secondary N) is 2. The van der Waals surface area contributed by atoms with Crippen molar-refractivity contribution < 1.29 is 14.3 Å². The van der Waals surface area contributed by atoms with Gasteiger partial charge in [-0.05, 0) is 45.0 Å². The second-order valence-corrected chi connectivity index (χ2v) is 5.61. The number of hydrogen-bond acceptors (Lipinski definition) is 4. The summed E-state index contributed by atoms with van der Waals surface area (Å²) in [6.07, 6.45) is 1.37. The van der Waals surface area contributed by atoms with Gasteiger partial charge in [0.25, 0.3) is 5.91 Å². The summed E-state index contributed by atoms with van der Waals surface area (Å²) in [6, 6.07) is 14.9. The number of anilines is 2. The molecule has 0 saturated carbocycles. The van der Waals surface area contributed by atoms with Crippen LogP contribution >= 0.6 is 0 Å². The molecule has 0 spiro atoms. The van der Waals surface area contributed by atoms with E-state index in [1.54, 1.807) is 19.1 Å². The van der Waals surface area contributed by atoms with E-state index in [4.69, 9.17) is 4.74 Å². The first-order valence-electron chi connectivity index (χ1n) is 8.08. The average Bonchev–Trinajstić information content (AvgIpc) is 2.59. The third-order valence-electron chi connectivity index (χ3n) is 3.48. The van der Waals surface area contributed by atoms with Gasteiger partial charge in [-0.3, -0.25) is 4.79 Å². The summed E-state index contributed by atoms with van der Waals surface area (Å²) in [6.45, 7) is 5.83. The monoisotopic (exact) mass is 338 g/mol. The zero-order valence-electron chi connectivity index (χ0n) is 14.6. The van der Waals surface area contributed by atoms with Gasteiger partial charge in [-0.1, -0.05) is 35.4 Å². The quantitative estimate of drug-likeness (QED) is 0.364. The van der Waals surface area contributed by atoms with E-state index in [9.17, 15) is 9.59 Å². The van der Waals surface area contributed by atoms with Gasteiger partial charge in [0.15, 0.2) is 0 Å². The highest BCUT2D eigenvalue weighted by Gasteiger charge is 2.19. The lowest BCUT2D eigenvalue weighted by atomic mass is 10.2. The molecule has 1 amide bonds. The second-order valence-electron chi connectivity index (χ2n) is 5.61. The van der Waals surface area contributed by atoms with Crippen LogP contribution in [0.25, 0.3) is 0 Å². The second kappa shape index (κ2) is 8.68. The fourth-order valence-electron chi connectivity index (χ4n) is 2.07. The van der Waals surface area contributed by atoms with E-state index in [2.05, 4.69) is 10.6 Å². The number of benzene rings is 2. The molecule has 0 aliphatic carbocycles. The number of hydrogen-bond donors (Lipinski definition) is 2. The van der Waals surface area contributed by atoms with Crippen LogP contribution in [0.3, 0.4) is 0 Å². The molecule has 2 rings (SSSR count). The van der Waals surface area contributed by atoms with Crippen LogP contribution in [0.1, 0.15) is 18.1 Å². The van der Waals surface area contributed by atoms with Crippen molar-refractivity contribution in [3.63, 3.8) is 0 Å². The highest BCUT2D eigenvalue weighted by molar-refractivity contribution is 6.21. The molecule has 0 heterocycles. The smallest absolute Gasteiger partial charge is 0.345 e. The Kier molecular flexibility index (Phi) is 6.34. The fourth-order valence-corrected chi connectivity index (χ4v) is 2.07. The third kappa shape index (κ3) is 5.49. The first kappa shape index (κ1) is 18.3. The van der Waals surface area contributed by atoms with E-state index in [0.717, 1.165) is 16.8 Å². The Morgan fingerprint density at radius 2 is 1.44 bits per heavy atom. The van der Waals surface area contributed by atoms with Gasteiger partial charge >= 0.3 is 5.97 Å². The van der Waals surface area contributed by atoms with Crippen LogP contribution in [-0.4, -0.2) is 18.5 Å². The minimum atomic E-state index is -0.674. The predicted octanol–water partition coefficient (Wildman–Crippen LogP) is 3.80. The number of ether oxygens (including phenoxy) is 1. The van der Waals surface area contributed by atoms with Crippen molar-refractivity contribution in [1.82, 2.24) is 0 Å². The molecule has 5 heteroatoms. The van der Waals surface area contributed by atoms with E-state index in [0.29, 0.717) is 5.69 Å². The molecule has 0 bridgehead atoms. The maximum absolute atomic E-state index is 12.5. The number of esters is 1. The van der Waals surface area contributed by atoms with Crippen LogP contribution in [0.15, 0.2) is 60.3 Å². The number of aryl methyl sites for hydroxylation is 2. The maximum atomic E-state index is 12.5. The van der Waals surface area contributed by atoms with Crippen LogP contribution in [0, 0.1) is 13.8 Å². The first-order valence-corrected chi connectivity index (χ1v) is 8.08. The first-order chi connectivity index (χ1) is 12.0. The van der Waals surface area contributed by atoms with Gasteiger partial charge in [0.2, 0.25) is 0 Å². The lowest BCUT2D eigenvalue weighted by Gasteiger charge is -2.10. The number of rotatable bonds is 6. The Morgan fingerprint density at radius 3 is 1.96 bits per heavy atom. The van der Waals surface area contributed by atoms with Crippen molar-refractivity contribution in [1.29, 1.82) is 0 Å². The molecule has 0 atom stereocenters. The molecule has 0 unspecified atom stereocenters. The van der Waals surface area contributed by atoms with Gasteiger partial charge in [0, 0.05) is 17.6 Å². The molecule has 0 aliphatic rings. The highest BCUT2D eigenvalue weighted by Crippen LogP contribution is 2.13. The van der Waals surface area contributed by atoms with Gasteiger partial charge in [0.05, 0.1) is 6.61 Å². The van der Waals surface area contributed by atoms with E-state index in [-0.39, 0.29) is 12.2 Å². The average molecular weight is 338 g/mol. The highest BCUT2D eigenvalue weighted by atomic mass is 16.5. The third-order valence-corrected chi connectivity index (χ3v) is 3.48. The largest absolute Gasteiger partial charge is 0.462 e. The molecule has 0 aromatic heterocycles. The molecule has 25 heavy (non-hydrogen) atoms. The van der Waals surface area contributed by atoms with Crippen molar-refractivity contribution in [2.45, 2.75) is 20.8 Å². The summed E-state index contributed by atoms with van der Waals surface area (Å²) in [5, 5.41) is 5.67. The number of amides is 1. The topological polar surface area (TPSA) is 67.4 Å². The lowest BCUT2D eigenvalue weighted by molar-refractivity contribution is -0.139. The van der Waals surface area contributed by atoms with Gasteiger partial charge in [-0.2, -0.15) is 0 Å². The summed E-state index contributed by atoms with van der Waals surface area (Å²) in [4.78, 5) is 24.6.